The minimum absolute atomic E-state index is 0. The molecule has 0 aliphatic carbocycles. The first-order chi connectivity index (χ1) is 9.97. The zero-order valence-electron chi connectivity index (χ0n) is 13.8. The predicted octanol–water partition coefficient (Wildman–Crippen LogP) is 2.87. The summed E-state index contributed by atoms with van der Waals surface area (Å²) < 4.78 is 0. The first-order valence-corrected chi connectivity index (χ1v) is 7.84. The monoisotopic (exact) mass is 325 g/mol. The van der Waals surface area contributed by atoms with E-state index in [-0.39, 0.29) is 24.4 Å². The van der Waals surface area contributed by atoms with Gasteiger partial charge in [0.15, 0.2) is 0 Å². The zero-order chi connectivity index (χ0) is 15.4. The number of rotatable bonds is 4. The second kappa shape index (κ2) is 8.51. The largest absolute Gasteiger partial charge is 0.327 e. The van der Waals surface area contributed by atoms with Crippen molar-refractivity contribution in [1.29, 1.82) is 0 Å². The maximum absolute atomic E-state index is 12.3. The summed E-state index contributed by atoms with van der Waals surface area (Å²) in [5, 5.41) is 3.04. The highest BCUT2D eigenvalue weighted by atomic mass is 35.5. The molecule has 1 heterocycles. The van der Waals surface area contributed by atoms with Gasteiger partial charge in [0.05, 0.1) is 6.54 Å². The fourth-order valence-electron chi connectivity index (χ4n) is 3.05. The van der Waals surface area contributed by atoms with E-state index in [0.717, 1.165) is 36.2 Å². The van der Waals surface area contributed by atoms with Crippen LogP contribution in [0, 0.1) is 13.8 Å². The third kappa shape index (κ3) is 4.97. The maximum Gasteiger partial charge on any atom is 0.238 e. The average molecular weight is 326 g/mol. The number of aryl methyl sites for hydroxylation is 2. The van der Waals surface area contributed by atoms with Crippen molar-refractivity contribution in [2.45, 2.75) is 52.1 Å². The van der Waals surface area contributed by atoms with Crippen LogP contribution >= 0.6 is 12.4 Å². The van der Waals surface area contributed by atoms with E-state index in [4.69, 9.17) is 5.73 Å². The normalized spacial score (nSPS) is 20.1. The molecule has 0 saturated carbocycles. The second-order valence-corrected chi connectivity index (χ2v) is 6.26. The van der Waals surface area contributed by atoms with Gasteiger partial charge < -0.3 is 11.1 Å². The van der Waals surface area contributed by atoms with E-state index in [0.29, 0.717) is 12.6 Å². The van der Waals surface area contributed by atoms with Gasteiger partial charge in [0.2, 0.25) is 5.91 Å². The van der Waals surface area contributed by atoms with Gasteiger partial charge in [0, 0.05) is 17.8 Å². The first kappa shape index (κ1) is 18.9. The maximum atomic E-state index is 12.3. The van der Waals surface area contributed by atoms with E-state index < -0.39 is 0 Å². The van der Waals surface area contributed by atoms with Gasteiger partial charge in [0.25, 0.3) is 0 Å². The number of carbonyl (C=O) groups excluding carboxylic acids is 1. The second-order valence-electron chi connectivity index (χ2n) is 6.26. The SMILES string of the molecule is Cc1ccc(C)c(NC(=O)CN2CCCCC2C(C)N)c1.Cl. The number of hydrogen-bond donors (Lipinski definition) is 2. The first-order valence-electron chi connectivity index (χ1n) is 7.84. The highest BCUT2D eigenvalue weighted by Gasteiger charge is 2.26. The van der Waals surface area contributed by atoms with Crippen LogP contribution in [0.4, 0.5) is 5.69 Å². The van der Waals surface area contributed by atoms with Crippen LogP contribution < -0.4 is 11.1 Å². The van der Waals surface area contributed by atoms with Crippen molar-refractivity contribution in [3.8, 4) is 0 Å². The number of hydrogen-bond acceptors (Lipinski definition) is 3. The van der Waals surface area contributed by atoms with Crippen LogP contribution in [0.2, 0.25) is 0 Å². The molecule has 2 atom stereocenters. The van der Waals surface area contributed by atoms with Gasteiger partial charge in [-0.05, 0) is 57.4 Å². The molecule has 4 nitrogen and oxygen atoms in total. The Morgan fingerprint density at radius 2 is 2.14 bits per heavy atom. The fraction of sp³-hybridized carbons (Fsp3) is 0.588. The summed E-state index contributed by atoms with van der Waals surface area (Å²) in [6.07, 6.45) is 3.45. The molecular formula is C17H28ClN3O. The minimum atomic E-state index is 0. The fourth-order valence-corrected chi connectivity index (χ4v) is 3.05. The van der Waals surface area contributed by atoms with Crippen LogP contribution in [0.1, 0.15) is 37.3 Å². The molecule has 0 radical (unpaired) electrons. The van der Waals surface area contributed by atoms with Crippen molar-refractivity contribution in [3.63, 3.8) is 0 Å². The molecule has 0 bridgehead atoms. The van der Waals surface area contributed by atoms with E-state index >= 15 is 0 Å². The molecular weight excluding hydrogens is 298 g/mol. The van der Waals surface area contributed by atoms with Gasteiger partial charge in [-0.2, -0.15) is 0 Å². The molecule has 0 spiro atoms. The molecule has 22 heavy (non-hydrogen) atoms. The Balaban J connectivity index is 0.00000242. The topological polar surface area (TPSA) is 58.4 Å². The van der Waals surface area contributed by atoms with Crippen LogP contribution in [0.5, 0.6) is 0 Å². The molecule has 2 rings (SSSR count). The van der Waals surface area contributed by atoms with Gasteiger partial charge in [-0.3, -0.25) is 9.69 Å². The lowest BCUT2D eigenvalue weighted by Crippen LogP contribution is -2.51. The Hall–Kier alpha value is -1.10. The Morgan fingerprint density at radius 1 is 1.41 bits per heavy atom. The predicted molar refractivity (Wildman–Crippen MR) is 94.7 cm³/mol. The third-order valence-electron chi connectivity index (χ3n) is 4.29. The number of amides is 1. The van der Waals surface area contributed by atoms with Gasteiger partial charge in [-0.15, -0.1) is 12.4 Å². The molecule has 5 heteroatoms. The van der Waals surface area contributed by atoms with E-state index in [9.17, 15) is 4.79 Å². The van der Waals surface area contributed by atoms with Crippen molar-refractivity contribution >= 4 is 24.0 Å². The Labute approximate surface area is 139 Å². The van der Waals surface area contributed by atoms with Crippen molar-refractivity contribution in [3.05, 3.63) is 29.3 Å². The smallest absolute Gasteiger partial charge is 0.238 e. The molecule has 3 N–H and O–H groups in total. The number of likely N-dealkylation sites (tertiary alicyclic amines) is 1. The molecule has 2 unspecified atom stereocenters. The summed E-state index contributed by atoms with van der Waals surface area (Å²) >= 11 is 0. The van der Waals surface area contributed by atoms with Gasteiger partial charge in [-0.1, -0.05) is 18.6 Å². The summed E-state index contributed by atoms with van der Waals surface area (Å²) in [6.45, 7) is 7.48. The van der Waals surface area contributed by atoms with Gasteiger partial charge in [-0.25, -0.2) is 0 Å². The van der Waals surface area contributed by atoms with E-state index in [1.807, 2.05) is 32.9 Å². The van der Waals surface area contributed by atoms with E-state index in [2.05, 4.69) is 16.3 Å². The lowest BCUT2D eigenvalue weighted by Gasteiger charge is -2.37. The average Bonchev–Trinajstić information content (AvgIpc) is 2.43. The number of benzene rings is 1. The third-order valence-corrected chi connectivity index (χ3v) is 4.29. The zero-order valence-corrected chi connectivity index (χ0v) is 14.6. The number of carbonyl (C=O) groups is 1. The van der Waals surface area contributed by atoms with Crippen LogP contribution in [0.25, 0.3) is 0 Å². The summed E-state index contributed by atoms with van der Waals surface area (Å²) in [5.41, 5.74) is 9.22. The molecule has 0 aromatic heterocycles. The molecule has 124 valence electrons. The summed E-state index contributed by atoms with van der Waals surface area (Å²) in [6, 6.07) is 6.55. The molecule has 1 aliphatic heterocycles. The Bertz CT molecular complexity index is 505. The van der Waals surface area contributed by atoms with Crippen LogP contribution in [0.15, 0.2) is 18.2 Å². The Kier molecular flexibility index (Phi) is 7.33. The number of nitrogens with two attached hydrogens (primary N) is 1. The van der Waals surface area contributed by atoms with Crippen molar-refractivity contribution in [2.75, 3.05) is 18.4 Å². The number of nitrogens with zero attached hydrogens (tertiary/aromatic N) is 1. The number of halogens is 1. The quantitative estimate of drug-likeness (QED) is 0.895. The lowest BCUT2D eigenvalue weighted by molar-refractivity contribution is -0.118. The van der Waals surface area contributed by atoms with Crippen LogP contribution in [-0.2, 0) is 4.79 Å². The Morgan fingerprint density at radius 3 is 2.82 bits per heavy atom. The summed E-state index contributed by atoms with van der Waals surface area (Å²) in [5.74, 6) is 0.0521. The van der Waals surface area contributed by atoms with E-state index in [1.54, 1.807) is 0 Å². The standard InChI is InChI=1S/C17H27N3O.ClH/c1-12-7-8-13(2)15(10-12)19-17(21)11-20-9-5-4-6-16(20)14(3)18;/h7-8,10,14,16H,4-6,9,11,18H2,1-3H3,(H,19,21);1H. The number of piperidine rings is 1. The molecule has 1 aliphatic rings. The lowest BCUT2D eigenvalue weighted by atomic mass is 9.97. The highest BCUT2D eigenvalue weighted by Crippen LogP contribution is 2.20. The van der Waals surface area contributed by atoms with Crippen LogP contribution in [0.3, 0.4) is 0 Å². The molecule has 1 aromatic carbocycles. The minimum Gasteiger partial charge on any atom is -0.327 e. The highest BCUT2D eigenvalue weighted by molar-refractivity contribution is 5.93. The number of anilines is 1. The van der Waals surface area contributed by atoms with Crippen molar-refractivity contribution in [2.24, 2.45) is 5.73 Å². The van der Waals surface area contributed by atoms with Gasteiger partial charge in [0.1, 0.15) is 0 Å². The van der Waals surface area contributed by atoms with E-state index in [1.165, 1.54) is 6.42 Å². The molecule has 1 fully saturated rings. The molecule has 1 saturated heterocycles. The summed E-state index contributed by atoms with van der Waals surface area (Å²) in [4.78, 5) is 14.5. The molecule has 1 aromatic rings. The van der Waals surface area contributed by atoms with Crippen molar-refractivity contribution in [1.82, 2.24) is 4.90 Å². The number of nitrogens with one attached hydrogen (secondary N) is 1. The van der Waals surface area contributed by atoms with Crippen LogP contribution in [-0.4, -0.2) is 36.0 Å². The van der Waals surface area contributed by atoms with Crippen molar-refractivity contribution < 1.29 is 4.79 Å². The summed E-state index contributed by atoms with van der Waals surface area (Å²) in [7, 11) is 0. The van der Waals surface area contributed by atoms with Gasteiger partial charge >= 0.3 is 0 Å². The molecule has 1 amide bonds.